The number of rotatable bonds is 8. The van der Waals surface area contributed by atoms with Crippen LogP contribution in [0.4, 0.5) is 4.79 Å². The van der Waals surface area contributed by atoms with Crippen LogP contribution in [0.3, 0.4) is 0 Å². The van der Waals surface area contributed by atoms with E-state index in [1.807, 2.05) is 6.92 Å². The molecule has 1 rings (SSSR count). The predicted molar refractivity (Wildman–Crippen MR) is 66.4 cm³/mol. The van der Waals surface area contributed by atoms with Crippen LogP contribution in [0.15, 0.2) is 0 Å². The number of nitrogens with zero attached hydrogens (tertiary/aromatic N) is 1. The van der Waals surface area contributed by atoms with Crippen molar-refractivity contribution in [3.8, 4) is 0 Å². The van der Waals surface area contributed by atoms with Gasteiger partial charge in [-0.25, -0.2) is 4.79 Å². The zero-order valence-electron chi connectivity index (χ0n) is 11.0. The molecule has 0 aromatic rings. The summed E-state index contributed by atoms with van der Waals surface area (Å²) in [5.41, 5.74) is 0. The van der Waals surface area contributed by atoms with Crippen molar-refractivity contribution in [2.24, 2.45) is 11.8 Å². The third kappa shape index (κ3) is 5.86. The number of carbonyl (C=O) groups is 2. The van der Waals surface area contributed by atoms with Crippen LogP contribution in [0.2, 0.25) is 0 Å². The smallest absolute Gasteiger partial charge is 0.323 e. The van der Waals surface area contributed by atoms with Gasteiger partial charge in [0, 0.05) is 20.2 Å². The molecular weight excluding hydrogens is 236 g/mol. The largest absolute Gasteiger partial charge is 0.480 e. The van der Waals surface area contributed by atoms with Gasteiger partial charge in [-0.05, 0) is 24.7 Å². The fourth-order valence-corrected chi connectivity index (χ4v) is 1.71. The first-order chi connectivity index (χ1) is 8.52. The summed E-state index contributed by atoms with van der Waals surface area (Å²) in [6, 6.07) is -0.299. The number of urea groups is 1. The van der Waals surface area contributed by atoms with Crippen molar-refractivity contribution < 1.29 is 19.4 Å². The van der Waals surface area contributed by atoms with Crippen LogP contribution < -0.4 is 5.32 Å². The second-order valence-electron chi connectivity index (χ2n) is 4.96. The van der Waals surface area contributed by atoms with Crippen molar-refractivity contribution >= 4 is 12.0 Å². The Kier molecular flexibility index (Phi) is 5.91. The summed E-state index contributed by atoms with van der Waals surface area (Å²) in [4.78, 5) is 24.0. The molecule has 1 unspecified atom stereocenters. The Balaban J connectivity index is 2.34. The van der Waals surface area contributed by atoms with E-state index in [1.54, 1.807) is 7.11 Å². The fourth-order valence-electron chi connectivity index (χ4n) is 1.71. The zero-order chi connectivity index (χ0) is 13.5. The maximum absolute atomic E-state index is 11.9. The van der Waals surface area contributed by atoms with Gasteiger partial charge in [0.1, 0.15) is 6.54 Å². The number of carboxylic acids is 1. The SMILES string of the molecule is COCC(C)CNC(=O)N(CC(=O)O)CC1CC1. The minimum atomic E-state index is -0.976. The van der Waals surface area contributed by atoms with Gasteiger partial charge < -0.3 is 20.1 Å². The highest BCUT2D eigenvalue weighted by Crippen LogP contribution is 2.29. The lowest BCUT2D eigenvalue weighted by Crippen LogP contribution is -2.45. The number of amides is 2. The molecule has 2 N–H and O–H groups in total. The minimum absolute atomic E-state index is 0.214. The molecule has 0 bridgehead atoms. The normalized spacial score (nSPS) is 16.1. The van der Waals surface area contributed by atoms with Gasteiger partial charge in [0.2, 0.25) is 0 Å². The number of hydrogen-bond acceptors (Lipinski definition) is 3. The Labute approximate surface area is 107 Å². The van der Waals surface area contributed by atoms with Gasteiger partial charge in [-0.3, -0.25) is 4.79 Å². The highest BCUT2D eigenvalue weighted by atomic mass is 16.5. The van der Waals surface area contributed by atoms with E-state index < -0.39 is 5.97 Å². The van der Waals surface area contributed by atoms with Crippen molar-refractivity contribution in [2.75, 3.05) is 33.4 Å². The van der Waals surface area contributed by atoms with Gasteiger partial charge in [-0.15, -0.1) is 0 Å². The number of ether oxygens (including phenoxy) is 1. The van der Waals surface area contributed by atoms with Crippen LogP contribution in [0, 0.1) is 11.8 Å². The minimum Gasteiger partial charge on any atom is -0.480 e. The highest BCUT2D eigenvalue weighted by Gasteiger charge is 2.27. The first-order valence-electron chi connectivity index (χ1n) is 6.26. The Morgan fingerprint density at radius 1 is 1.50 bits per heavy atom. The van der Waals surface area contributed by atoms with Gasteiger partial charge in [0.25, 0.3) is 0 Å². The van der Waals surface area contributed by atoms with E-state index in [4.69, 9.17) is 9.84 Å². The molecule has 1 atom stereocenters. The van der Waals surface area contributed by atoms with E-state index in [-0.39, 0.29) is 18.5 Å². The maximum atomic E-state index is 11.9. The predicted octanol–water partition coefficient (Wildman–Crippen LogP) is 0.775. The Hall–Kier alpha value is -1.30. The van der Waals surface area contributed by atoms with Gasteiger partial charge in [0.05, 0.1) is 6.61 Å². The Morgan fingerprint density at radius 3 is 2.67 bits per heavy atom. The number of carboxylic acid groups (broad SMARTS) is 1. The van der Waals surface area contributed by atoms with Crippen molar-refractivity contribution in [3.05, 3.63) is 0 Å². The molecule has 0 aromatic heterocycles. The van der Waals surface area contributed by atoms with Crippen molar-refractivity contribution in [1.82, 2.24) is 10.2 Å². The summed E-state index contributed by atoms with van der Waals surface area (Å²) in [7, 11) is 1.61. The molecule has 6 heteroatoms. The standard InChI is InChI=1S/C12H22N2O4/c1-9(8-18-2)5-13-12(17)14(7-11(15)16)6-10-3-4-10/h9-10H,3-8H2,1-2H3,(H,13,17)(H,15,16). The Bertz CT molecular complexity index is 292. The summed E-state index contributed by atoms with van der Waals surface area (Å²) in [6.07, 6.45) is 2.17. The summed E-state index contributed by atoms with van der Waals surface area (Å²) < 4.78 is 4.98. The van der Waals surface area contributed by atoms with E-state index in [9.17, 15) is 9.59 Å². The number of nitrogens with one attached hydrogen (secondary N) is 1. The maximum Gasteiger partial charge on any atom is 0.323 e. The van der Waals surface area contributed by atoms with E-state index >= 15 is 0 Å². The van der Waals surface area contributed by atoms with Gasteiger partial charge in [-0.2, -0.15) is 0 Å². The third-order valence-electron chi connectivity index (χ3n) is 2.84. The molecule has 0 spiro atoms. The number of hydrogen-bond donors (Lipinski definition) is 2. The van der Waals surface area contributed by atoms with E-state index in [1.165, 1.54) is 4.90 Å². The molecule has 1 aliphatic carbocycles. The molecule has 18 heavy (non-hydrogen) atoms. The van der Waals surface area contributed by atoms with Crippen molar-refractivity contribution in [2.45, 2.75) is 19.8 Å². The molecule has 0 aromatic carbocycles. The summed E-state index contributed by atoms with van der Waals surface area (Å²) >= 11 is 0. The van der Waals surface area contributed by atoms with Crippen LogP contribution in [0.25, 0.3) is 0 Å². The van der Waals surface area contributed by atoms with Crippen molar-refractivity contribution in [3.63, 3.8) is 0 Å². The average Bonchev–Trinajstić information content (AvgIpc) is 3.08. The lowest BCUT2D eigenvalue weighted by Gasteiger charge is -2.22. The summed E-state index contributed by atoms with van der Waals surface area (Å²) in [5, 5.41) is 11.5. The van der Waals surface area contributed by atoms with E-state index in [0.717, 1.165) is 12.8 Å². The summed E-state index contributed by atoms with van der Waals surface area (Å²) in [6.45, 7) is 3.33. The topological polar surface area (TPSA) is 78.9 Å². The van der Waals surface area contributed by atoms with Crippen LogP contribution in [0.1, 0.15) is 19.8 Å². The van der Waals surface area contributed by atoms with Crippen LogP contribution in [-0.4, -0.2) is 55.4 Å². The molecule has 6 nitrogen and oxygen atoms in total. The van der Waals surface area contributed by atoms with Crippen LogP contribution in [-0.2, 0) is 9.53 Å². The summed E-state index contributed by atoms with van der Waals surface area (Å²) in [5.74, 6) is -0.284. The molecule has 1 fully saturated rings. The second-order valence-corrected chi connectivity index (χ2v) is 4.96. The third-order valence-corrected chi connectivity index (χ3v) is 2.84. The van der Waals surface area contributed by atoms with Gasteiger partial charge >= 0.3 is 12.0 Å². The lowest BCUT2D eigenvalue weighted by molar-refractivity contribution is -0.137. The Morgan fingerprint density at radius 2 is 2.17 bits per heavy atom. The van der Waals surface area contributed by atoms with Gasteiger partial charge in [-0.1, -0.05) is 6.92 Å². The lowest BCUT2D eigenvalue weighted by atomic mass is 10.2. The van der Waals surface area contributed by atoms with Crippen LogP contribution >= 0.6 is 0 Å². The molecule has 0 aliphatic heterocycles. The van der Waals surface area contributed by atoms with Crippen LogP contribution in [0.5, 0.6) is 0 Å². The van der Waals surface area contributed by atoms with Crippen molar-refractivity contribution in [1.29, 1.82) is 0 Å². The molecule has 0 heterocycles. The van der Waals surface area contributed by atoms with Gasteiger partial charge in [0.15, 0.2) is 0 Å². The number of carbonyl (C=O) groups excluding carboxylic acids is 1. The molecular formula is C12H22N2O4. The fraction of sp³-hybridized carbons (Fsp3) is 0.833. The number of aliphatic carboxylic acids is 1. The first kappa shape index (κ1) is 14.8. The molecule has 1 saturated carbocycles. The monoisotopic (exact) mass is 258 g/mol. The molecule has 0 radical (unpaired) electrons. The molecule has 1 aliphatic rings. The quantitative estimate of drug-likeness (QED) is 0.674. The highest BCUT2D eigenvalue weighted by molar-refractivity contribution is 5.80. The average molecular weight is 258 g/mol. The first-order valence-corrected chi connectivity index (χ1v) is 6.26. The molecule has 104 valence electrons. The molecule has 2 amide bonds. The van der Waals surface area contributed by atoms with E-state index in [0.29, 0.717) is 25.6 Å². The number of methoxy groups -OCH3 is 1. The van der Waals surface area contributed by atoms with E-state index in [2.05, 4.69) is 5.32 Å². The molecule has 0 saturated heterocycles. The second kappa shape index (κ2) is 7.20. The zero-order valence-corrected chi connectivity index (χ0v) is 11.0.